The highest BCUT2D eigenvalue weighted by molar-refractivity contribution is 5.88. The van der Waals surface area contributed by atoms with Crippen LogP contribution >= 0.6 is 0 Å². The van der Waals surface area contributed by atoms with Gasteiger partial charge in [-0.25, -0.2) is 4.98 Å². The van der Waals surface area contributed by atoms with Crippen LogP contribution in [0.1, 0.15) is 42.7 Å². The van der Waals surface area contributed by atoms with Crippen molar-refractivity contribution in [2.45, 2.75) is 37.0 Å². The molecular formula is C25H33N3O3. The first kappa shape index (κ1) is 21.6. The molecule has 0 bridgehead atoms. The second kappa shape index (κ2) is 9.27. The zero-order chi connectivity index (χ0) is 21.8. The van der Waals surface area contributed by atoms with Crippen LogP contribution in [0.15, 0.2) is 42.6 Å². The monoisotopic (exact) mass is 423 g/mol. The summed E-state index contributed by atoms with van der Waals surface area (Å²) in [6, 6.07) is 12.3. The Balaban J connectivity index is 1.59. The van der Waals surface area contributed by atoms with Gasteiger partial charge in [0.15, 0.2) is 0 Å². The Morgan fingerprint density at radius 3 is 2.61 bits per heavy atom. The Hall–Kier alpha value is -2.60. The van der Waals surface area contributed by atoms with Crippen LogP contribution in [0, 0.1) is 0 Å². The Labute approximate surface area is 185 Å². The Bertz CT molecular complexity index is 891. The summed E-state index contributed by atoms with van der Waals surface area (Å²) in [5.74, 6) is 2.35. The van der Waals surface area contributed by atoms with Crippen LogP contribution in [0.3, 0.4) is 0 Å². The maximum Gasteiger partial charge on any atom is 0.233 e. The number of hydrogen-bond acceptors (Lipinski definition) is 5. The molecule has 1 aromatic heterocycles. The maximum absolute atomic E-state index is 14.0. The molecule has 2 fully saturated rings. The molecule has 6 nitrogen and oxygen atoms in total. The number of hydrogen-bond donors (Lipinski definition) is 0. The molecule has 1 atom stereocenters. The number of benzene rings is 1. The van der Waals surface area contributed by atoms with Gasteiger partial charge in [-0.2, -0.15) is 0 Å². The minimum atomic E-state index is -0.514. The quantitative estimate of drug-likeness (QED) is 0.735. The average Bonchev–Trinajstić information content (AvgIpc) is 2.84. The summed E-state index contributed by atoms with van der Waals surface area (Å²) < 4.78 is 11.0. The summed E-state index contributed by atoms with van der Waals surface area (Å²) in [4.78, 5) is 22.6. The molecule has 0 unspecified atom stereocenters. The minimum Gasteiger partial charge on any atom is -0.497 e. The fourth-order valence-electron chi connectivity index (χ4n) is 4.92. The number of carbonyl (C=O) groups excluding carboxylic acids is 1. The molecule has 0 radical (unpaired) electrons. The van der Waals surface area contributed by atoms with E-state index in [9.17, 15) is 4.79 Å². The van der Waals surface area contributed by atoms with Gasteiger partial charge in [0.2, 0.25) is 5.91 Å². The average molecular weight is 424 g/mol. The molecule has 0 N–H and O–H groups in total. The van der Waals surface area contributed by atoms with Crippen LogP contribution in [0.25, 0.3) is 0 Å². The van der Waals surface area contributed by atoms with E-state index in [4.69, 9.17) is 9.47 Å². The highest BCUT2D eigenvalue weighted by Crippen LogP contribution is 2.39. The molecule has 2 saturated heterocycles. The van der Waals surface area contributed by atoms with Crippen molar-refractivity contribution < 1.29 is 14.3 Å². The number of anilines is 1. The third kappa shape index (κ3) is 4.40. The van der Waals surface area contributed by atoms with Crippen LogP contribution < -0.4 is 9.64 Å². The van der Waals surface area contributed by atoms with E-state index in [0.717, 1.165) is 55.9 Å². The molecule has 31 heavy (non-hydrogen) atoms. The van der Waals surface area contributed by atoms with Gasteiger partial charge in [0.25, 0.3) is 0 Å². The van der Waals surface area contributed by atoms with Gasteiger partial charge >= 0.3 is 0 Å². The largest absolute Gasteiger partial charge is 0.497 e. The zero-order valence-corrected chi connectivity index (χ0v) is 18.8. The third-order valence-corrected chi connectivity index (χ3v) is 6.81. The molecule has 6 heteroatoms. The normalized spacial score (nSPS) is 20.9. The van der Waals surface area contributed by atoms with Crippen molar-refractivity contribution in [2.24, 2.45) is 0 Å². The predicted octanol–water partition coefficient (Wildman–Crippen LogP) is 3.61. The number of pyridine rings is 1. The van der Waals surface area contributed by atoms with Gasteiger partial charge in [-0.3, -0.25) is 4.79 Å². The number of nitrogens with zero attached hydrogens (tertiary/aromatic N) is 3. The summed E-state index contributed by atoms with van der Waals surface area (Å²) in [5, 5.41) is 0. The van der Waals surface area contributed by atoms with Crippen LogP contribution in [0.4, 0.5) is 5.82 Å². The minimum absolute atomic E-state index is 0.243. The zero-order valence-electron chi connectivity index (χ0n) is 18.8. The number of rotatable bonds is 5. The van der Waals surface area contributed by atoms with E-state index in [1.807, 2.05) is 37.3 Å². The molecule has 166 valence electrons. The number of ether oxygens (including phenoxy) is 2. The van der Waals surface area contributed by atoms with E-state index >= 15 is 0 Å². The molecular weight excluding hydrogens is 390 g/mol. The molecule has 2 aromatic rings. The lowest BCUT2D eigenvalue weighted by molar-refractivity contribution is -0.142. The van der Waals surface area contributed by atoms with Crippen molar-refractivity contribution in [3.63, 3.8) is 0 Å². The molecule has 2 aliphatic heterocycles. The van der Waals surface area contributed by atoms with Crippen molar-refractivity contribution >= 4 is 11.7 Å². The van der Waals surface area contributed by atoms with E-state index in [1.54, 1.807) is 7.11 Å². The summed E-state index contributed by atoms with van der Waals surface area (Å²) >= 11 is 0. The molecule has 0 aliphatic carbocycles. The first-order chi connectivity index (χ1) is 15.0. The summed E-state index contributed by atoms with van der Waals surface area (Å²) in [6.07, 6.45) is 5.44. The fraction of sp³-hybridized carbons (Fsp3) is 0.520. The van der Waals surface area contributed by atoms with Crippen molar-refractivity contribution in [1.82, 2.24) is 9.88 Å². The first-order valence-corrected chi connectivity index (χ1v) is 11.2. The van der Waals surface area contributed by atoms with Crippen LogP contribution in [0.2, 0.25) is 0 Å². The smallest absolute Gasteiger partial charge is 0.233 e. The molecule has 0 spiro atoms. The molecule has 1 aromatic carbocycles. The molecule has 1 amide bonds. The lowest BCUT2D eigenvalue weighted by atomic mass is 9.72. The molecule has 4 rings (SSSR count). The molecule has 0 saturated carbocycles. The SMILES string of the molecule is COc1ccc(C2(C(=O)N3CCC[C@H](c4ccnc(N(C)C)c4)C3)CCOCC2)cc1. The lowest BCUT2D eigenvalue weighted by Gasteiger charge is -2.43. The Kier molecular flexibility index (Phi) is 6.46. The van der Waals surface area contributed by atoms with Crippen molar-refractivity contribution in [2.75, 3.05) is 52.4 Å². The van der Waals surface area contributed by atoms with Crippen LogP contribution in [0.5, 0.6) is 5.75 Å². The number of likely N-dealkylation sites (tertiary alicyclic amines) is 1. The van der Waals surface area contributed by atoms with E-state index < -0.39 is 5.41 Å². The topological polar surface area (TPSA) is 54.9 Å². The Morgan fingerprint density at radius 2 is 1.94 bits per heavy atom. The fourth-order valence-corrected chi connectivity index (χ4v) is 4.92. The summed E-state index contributed by atoms with van der Waals surface area (Å²) in [7, 11) is 5.68. The number of carbonyl (C=O) groups is 1. The van der Waals surface area contributed by atoms with Gasteiger partial charge in [0.05, 0.1) is 12.5 Å². The molecule has 3 heterocycles. The molecule has 2 aliphatic rings. The van der Waals surface area contributed by atoms with E-state index in [-0.39, 0.29) is 5.91 Å². The van der Waals surface area contributed by atoms with Gasteiger partial charge in [-0.1, -0.05) is 12.1 Å². The van der Waals surface area contributed by atoms with E-state index in [0.29, 0.717) is 19.1 Å². The first-order valence-electron chi connectivity index (χ1n) is 11.2. The maximum atomic E-state index is 14.0. The number of piperidine rings is 1. The predicted molar refractivity (Wildman–Crippen MR) is 122 cm³/mol. The van der Waals surface area contributed by atoms with Gasteiger partial charge in [-0.15, -0.1) is 0 Å². The highest BCUT2D eigenvalue weighted by Gasteiger charge is 2.45. The lowest BCUT2D eigenvalue weighted by Crippen LogP contribution is -2.52. The summed E-state index contributed by atoms with van der Waals surface area (Å²) in [5.41, 5.74) is 1.82. The van der Waals surface area contributed by atoms with Gasteiger partial charge < -0.3 is 19.3 Å². The number of aromatic nitrogens is 1. The summed E-state index contributed by atoms with van der Waals surface area (Å²) in [6.45, 7) is 2.81. The van der Waals surface area contributed by atoms with Gasteiger partial charge in [0, 0.05) is 52.5 Å². The second-order valence-corrected chi connectivity index (χ2v) is 8.86. The third-order valence-electron chi connectivity index (χ3n) is 6.81. The van der Waals surface area contributed by atoms with E-state index in [1.165, 1.54) is 5.56 Å². The Morgan fingerprint density at radius 1 is 1.19 bits per heavy atom. The van der Waals surface area contributed by atoms with Crippen LogP contribution in [-0.2, 0) is 14.9 Å². The van der Waals surface area contributed by atoms with Crippen molar-refractivity contribution in [3.05, 3.63) is 53.7 Å². The standard InChI is InChI=1S/C25H33N3O3/c1-27(2)23-17-19(10-13-26-23)20-5-4-14-28(18-20)24(29)25(11-15-31-16-12-25)21-6-8-22(30-3)9-7-21/h6-10,13,17,20H,4-5,11-12,14-16,18H2,1-3H3/t20-/m0/s1. The number of methoxy groups -OCH3 is 1. The van der Waals surface area contributed by atoms with Crippen molar-refractivity contribution in [1.29, 1.82) is 0 Å². The number of amides is 1. The highest BCUT2D eigenvalue weighted by atomic mass is 16.5. The van der Waals surface area contributed by atoms with Gasteiger partial charge in [-0.05, 0) is 61.1 Å². The van der Waals surface area contributed by atoms with Crippen molar-refractivity contribution in [3.8, 4) is 5.75 Å². The van der Waals surface area contributed by atoms with E-state index in [2.05, 4.69) is 34.1 Å². The van der Waals surface area contributed by atoms with Gasteiger partial charge in [0.1, 0.15) is 11.6 Å². The van der Waals surface area contributed by atoms with Crippen LogP contribution in [-0.4, -0.2) is 63.3 Å². The second-order valence-electron chi connectivity index (χ2n) is 8.86.